The van der Waals surface area contributed by atoms with Crippen LogP contribution in [-0.4, -0.2) is 56.8 Å². The van der Waals surface area contributed by atoms with E-state index < -0.39 is 16.1 Å². The van der Waals surface area contributed by atoms with Crippen LogP contribution in [0.15, 0.2) is 77.3 Å². The number of benzene rings is 3. The third-order valence-corrected chi connectivity index (χ3v) is 8.43. The molecular weight excluding hydrogens is 622 g/mol. The van der Waals surface area contributed by atoms with Crippen LogP contribution in [0.5, 0.6) is 11.5 Å². The van der Waals surface area contributed by atoms with E-state index in [1.807, 2.05) is 68.4 Å². The average Bonchev–Trinajstić information content (AvgIpc) is 3.40. The minimum Gasteiger partial charge on any atom is -0.454 e. The SMILES string of the molecule is CC(C)NC(=O)[C@@H](Cc1ccccc1)N(Cc1cccc(Br)c1)C(=O)CCCN(c1ccc2c(c1)OCO2)S(C)(=O)=O. The molecule has 0 unspecified atom stereocenters. The predicted octanol–water partition coefficient (Wildman–Crippen LogP) is 4.89. The molecule has 0 saturated carbocycles. The molecule has 224 valence electrons. The van der Waals surface area contributed by atoms with Crippen LogP contribution in [0.3, 0.4) is 0 Å². The van der Waals surface area contributed by atoms with E-state index in [0.717, 1.165) is 21.9 Å². The highest BCUT2D eigenvalue weighted by atomic mass is 79.9. The Bertz CT molecular complexity index is 1500. The Hall–Kier alpha value is -3.57. The first kappa shape index (κ1) is 31.4. The van der Waals surface area contributed by atoms with Crippen molar-refractivity contribution in [3.8, 4) is 11.5 Å². The standard InChI is InChI=1S/C31H36BrN3O6S/c1-22(2)33-31(37)27(18-23-9-5-4-6-10-23)34(20-24-11-7-12-25(32)17-24)30(36)13-8-16-35(42(3,38)39)26-14-15-28-29(19-26)41-21-40-28/h4-7,9-12,14-15,17,19,22,27H,8,13,16,18,20-21H2,1-3H3,(H,33,37)/t27-/m1/s1. The zero-order chi connectivity index (χ0) is 30.3. The second kappa shape index (κ2) is 14.1. The molecule has 1 atom stereocenters. The lowest BCUT2D eigenvalue weighted by Crippen LogP contribution is -2.51. The van der Waals surface area contributed by atoms with Gasteiger partial charge in [-0.05, 0) is 55.7 Å². The number of anilines is 1. The first-order valence-electron chi connectivity index (χ1n) is 13.8. The van der Waals surface area contributed by atoms with Crippen LogP contribution in [0.4, 0.5) is 5.69 Å². The summed E-state index contributed by atoms with van der Waals surface area (Å²) in [4.78, 5) is 29.0. The Balaban J connectivity index is 1.57. The number of fused-ring (bicyclic) bond motifs is 1. The van der Waals surface area contributed by atoms with Crippen molar-refractivity contribution in [2.45, 2.75) is 51.7 Å². The number of carbonyl (C=O) groups is 2. The van der Waals surface area contributed by atoms with Crippen molar-refractivity contribution in [2.75, 3.05) is 23.9 Å². The Morgan fingerprint density at radius 3 is 2.36 bits per heavy atom. The Morgan fingerprint density at radius 1 is 0.952 bits per heavy atom. The molecule has 1 heterocycles. The van der Waals surface area contributed by atoms with Crippen LogP contribution in [0.25, 0.3) is 0 Å². The summed E-state index contributed by atoms with van der Waals surface area (Å²) in [6.45, 7) is 4.14. The van der Waals surface area contributed by atoms with E-state index in [-0.39, 0.29) is 50.6 Å². The summed E-state index contributed by atoms with van der Waals surface area (Å²) in [6, 6.07) is 21.3. The summed E-state index contributed by atoms with van der Waals surface area (Å²) < 4.78 is 38.3. The molecule has 1 N–H and O–H groups in total. The van der Waals surface area contributed by atoms with Crippen LogP contribution in [0, 0.1) is 0 Å². The zero-order valence-electron chi connectivity index (χ0n) is 24.0. The first-order chi connectivity index (χ1) is 20.0. The second-order valence-corrected chi connectivity index (χ2v) is 13.3. The molecule has 0 aliphatic carbocycles. The summed E-state index contributed by atoms with van der Waals surface area (Å²) in [5.41, 5.74) is 2.23. The number of nitrogens with zero attached hydrogens (tertiary/aromatic N) is 2. The lowest BCUT2D eigenvalue weighted by molar-refractivity contribution is -0.141. The van der Waals surface area contributed by atoms with E-state index in [1.54, 1.807) is 23.1 Å². The van der Waals surface area contributed by atoms with E-state index in [0.29, 0.717) is 23.6 Å². The molecule has 3 aromatic rings. The topological polar surface area (TPSA) is 105 Å². The van der Waals surface area contributed by atoms with Gasteiger partial charge < -0.3 is 19.7 Å². The average molecular weight is 659 g/mol. The van der Waals surface area contributed by atoms with Gasteiger partial charge in [0, 0.05) is 42.5 Å². The van der Waals surface area contributed by atoms with Crippen LogP contribution >= 0.6 is 15.9 Å². The zero-order valence-corrected chi connectivity index (χ0v) is 26.4. The van der Waals surface area contributed by atoms with Crippen molar-refractivity contribution in [3.05, 3.63) is 88.4 Å². The van der Waals surface area contributed by atoms with Crippen LogP contribution < -0.4 is 19.1 Å². The quantitative estimate of drug-likeness (QED) is 0.281. The molecule has 3 aromatic carbocycles. The van der Waals surface area contributed by atoms with E-state index in [9.17, 15) is 18.0 Å². The van der Waals surface area contributed by atoms with Crippen LogP contribution in [0.1, 0.15) is 37.8 Å². The minimum atomic E-state index is -3.65. The van der Waals surface area contributed by atoms with Gasteiger partial charge in [0.1, 0.15) is 6.04 Å². The molecule has 1 aliphatic heterocycles. The fourth-order valence-corrected chi connectivity index (χ4v) is 6.21. The number of hydrogen-bond donors (Lipinski definition) is 1. The summed E-state index contributed by atoms with van der Waals surface area (Å²) in [7, 11) is -3.65. The van der Waals surface area contributed by atoms with E-state index >= 15 is 0 Å². The van der Waals surface area contributed by atoms with Gasteiger partial charge in [-0.3, -0.25) is 13.9 Å². The van der Waals surface area contributed by atoms with Crippen molar-refractivity contribution in [1.82, 2.24) is 10.2 Å². The highest BCUT2D eigenvalue weighted by Crippen LogP contribution is 2.36. The molecular formula is C31H36BrN3O6S. The van der Waals surface area contributed by atoms with Gasteiger partial charge in [-0.25, -0.2) is 8.42 Å². The van der Waals surface area contributed by atoms with Gasteiger partial charge in [-0.15, -0.1) is 0 Å². The van der Waals surface area contributed by atoms with Crippen molar-refractivity contribution in [2.24, 2.45) is 0 Å². The third-order valence-electron chi connectivity index (χ3n) is 6.74. The Labute approximate surface area is 256 Å². The maximum Gasteiger partial charge on any atom is 0.243 e. The number of hydrogen-bond acceptors (Lipinski definition) is 6. The number of sulfonamides is 1. The number of carbonyl (C=O) groups excluding carboxylic acids is 2. The molecule has 4 rings (SSSR count). The molecule has 0 aromatic heterocycles. The largest absolute Gasteiger partial charge is 0.454 e. The van der Waals surface area contributed by atoms with Crippen molar-refractivity contribution >= 4 is 43.5 Å². The molecule has 9 nitrogen and oxygen atoms in total. The van der Waals surface area contributed by atoms with Crippen LogP contribution in [-0.2, 0) is 32.6 Å². The molecule has 0 saturated heterocycles. The fourth-order valence-electron chi connectivity index (χ4n) is 4.81. The summed E-state index contributed by atoms with van der Waals surface area (Å²) in [5.74, 6) is 0.538. The number of amides is 2. The first-order valence-corrected chi connectivity index (χ1v) is 16.4. The van der Waals surface area contributed by atoms with Gasteiger partial charge in [0.15, 0.2) is 11.5 Å². The molecule has 0 fully saturated rings. The van der Waals surface area contributed by atoms with Gasteiger partial charge in [0.05, 0.1) is 11.9 Å². The Morgan fingerprint density at radius 2 is 1.67 bits per heavy atom. The molecule has 0 bridgehead atoms. The third kappa shape index (κ3) is 8.48. The number of ether oxygens (including phenoxy) is 2. The molecule has 0 spiro atoms. The lowest BCUT2D eigenvalue weighted by atomic mass is 10.0. The Kier molecular flexibility index (Phi) is 10.5. The molecule has 2 amide bonds. The van der Waals surface area contributed by atoms with Gasteiger partial charge in [0.2, 0.25) is 28.6 Å². The molecule has 11 heteroatoms. The smallest absolute Gasteiger partial charge is 0.243 e. The van der Waals surface area contributed by atoms with Crippen molar-refractivity contribution in [3.63, 3.8) is 0 Å². The number of rotatable bonds is 13. The minimum absolute atomic E-state index is 0.0465. The van der Waals surface area contributed by atoms with Gasteiger partial charge in [0.25, 0.3) is 0 Å². The van der Waals surface area contributed by atoms with E-state index in [4.69, 9.17) is 9.47 Å². The monoisotopic (exact) mass is 657 g/mol. The second-order valence-electron chi connectivity index (χ2n) is 10.5. The maximum absolute atomic E-state index is 13.9. The lowest BCUT2D eigenvalue weighted by Gasteiger charge is -2.32. The van der Waals surface area contributed by atoms with E-state index in [1.165, 1.54) is 4.31 Å². The fraction of sp³-hybridized carbons (Fsp3) is 0.355. The predicted molar refractivity (Wildman–Crippen MR) is 166 cm³/mol. The summed E-state index contributed by atoms with van der Waals surface area (Å²) >= 11 is 3.50. The number of nitrogens with one attached hydrogen (secondary N) is 1. The molecule has 0 radical (unpaired) electrons. The summed E-state index contributed by atoms with van der Waals surface area (Å²) in [5, 5.41) is 2.98. The van der Waals surface area contributed by atoms with Crippen LogP contribution in [0.2, 0.25) is 0 Å². The normalized spacial score (nSPS) is 13.1. The van der Waals surface area contributed by atoms with Crippen molar-refractivity contribution < 1.29 is 27.5 Å². The highest BCUT2D eigenvalue weighted by Gasteiger charge is 2.31. The molecule has 42 heavy (non-hydrogen) atoms. The van der Waals surface area contributed by atoms with Gasteiger partial charge in [-0.2, -0.15) is 0 Å². The molecule has 1 aliphatic rings. The number of halogens is 1. The van der Waals surface area contributed by atoms with Crippen molar-refractivity contribution in [1.29, 1.82) is 0 Å². The maximum atomic E-state index is 13.9. The summed E-state index contributed by atoms with van der Waals surface area (Å²) in [6.07, 6.45) is 1.76. The van der Waals surface area contributed by atoms with E-state index in [2.05, 4.69) is 21.2 Å². The van der Waals surface area contributed by atoms with Gasteiger partial charge in [-0.1, -0.05) is 58.4 Å². The highest BCUT2D eigenvalue weighted by molar-refractivity contribution is 9.10. The van der Waals surface area contributed by atoms with Gasteiger partial charge >= 0.3 is 0 Å².